The predicted octanol–water partition coefficient (Wildman–Crippen LogP) is 3.39. The molecule has 0 spiro atoms. The molecule has 2 rings (SSSR count). The van der Waals surface area contributed by atoms with Gasteiger partial charge in [-0.15, -0.1) is 0 Å². The van der Waals surface area contributed by atoms with Gasteiger partial charge in [0.15, 0.2) is 0 Å². The fraction of sp³-hybridized carbons (Fsp3) is 0.0769. The van der Waals surface area contributed by atoms with Crippen LogP contribution in [0.1, 0.15) is 5.56 Å². The Morgan fingerprint density at radius 3 is 2.57 bits per heavy atom. The highest BCUT2D eigenvalue weighted by atomic mass is 16.5. The van der Waals surface area contributed by atoms with Crippen LogP contribution in [0.5, 0.6) is 11.5 Å². The smallest absolute Gasteiger partial charge is 0.138 e. The first-order valence-corrected chi connectivity index (χ1v) is 4.48. The highest BCUT2D eigenvalue weighted by Gasteiger charge is 1.99. The van der Waals surface area contributed by atoms with E-state index in [0.29, 0.717) is 0 Å². The Balaban J connectivity index is 2.24. The molecule has 0 amide bonds. The van der Waals surface area contributed by atoms with Crippen LogP contribution in [-0.4, -0.2) is 0 Å². The SMILES string of the molecule is Cc1ccc[c]c1Oc1[c]cccc1. The fourth-order valence-corrected chi connectivity index (χ4v) is 1.17. The largest absolute Gasteiger partial charge is 0.456 e. The van der Waals surface area contributed by atoms with E-state index in [-0.39, 0.29) is 0 Å². The molecule has 0 atom stereocenters. The molecule has 0 aliphatic heterocycles. The van der Waals surface area contributed by atoms with E-state index in [1.54, 1.807) is 0 Å². The standard InChI is InChI=1S/C13H10O/c1-11-7-5-6-10-13(11)14-12-8-3-2-4-9-12/h2-8H,1H3. The summed E-state index contributed by atoms with van der Waals surface area (Å²) in [4.78, 5) is 0. The molecule has 2 radical (unpaired) electrons. The van der Waals surface area contributed by atoms with Gasteiger partial charge in [-0.1, -0.05) is 36.4 Å². The van der Waals surface area contributed by atoms with E-state index < -0.39 is 0 Å². The first kappa shape index (κ1) is 8.82. The number of benzene rings is 2. The van der Waals surface area contributed by atoms with Crippen LogP contribution in [0.4, 0.5) is 0 Å². The minimum atomic E-state index is 0.720. The molecule has 0 N–H and O–H groups in total. The van der Waals surface area contributed by atoms with E-state index >= 15 is 0 Å². The van der Waals surface area contributed by atoms with E-state index in [4.69, 9.17) is 4.74 Å². The van der Waals surface area contributed by atoms with Crippen LogP contribution in [-0.2, 0) is 0 Å². The zero-order valence-electron chi connectivity index (χ0n) is 7.95. The highest BCUT2D eigenvalue weighted by molar-refractivity contribution is 5.35. The summed E-state index contributed by atoms with van der Waals surface area (Å²) in [5.41, 5.74) is 1.07. The molecule has 0 bridgehead atoms. The Labute approximate surface area is 84.0 Å². The summed E-state index contributed by atoms with van der Waals surface area (Å²) < 4.78 is 5.60. The van der Waals surface area contributed by atoms with Crippen LogP contribution >= 0.6 is 0 Å². The second-order valence-corrected chi connectivity index (χ2v) is 3.01. The molecule has 2 aromatic rings. The third-order valence-electron chi connectivity index (χ3n) is 1.91. The maximum Gasteiger partial charge on any atom is 0.138 e. The van der Waals surface area contributed by atoms with Gasteiger partial charge in [-0.3, -0.25) is 0 Å². The van der Waals surface area contributed by atoms with Crippen molar-refractivity contribution in [1.29, 1.82) is 0 Å². The minimum absolute atomic E-state index is 0.720. The van der Waals surface area contributed by atoms with Crippen molar-refractivity contribution in [2.75, 3.05) is 0 Å². The lowest BCUT2D eigenvalue weighted by Crippen LogP contribution is -1.86. The Morgan fingerprint density at radius 1 is 1.00 bits per heavy atom. The summed E-state index contributed by atoms with van der Waals surface area (Å²) in [7, 11) is 0. The average Bonchev–Trinajstić information content (AvgIpc) is 2.23. The zero-order chi connectivity index (χ0) is 9.80. The van der Waals surface area contributed by atoms with Gasteiger partial charge >= 0.3 is 0 Å². The van der Waals surface area contributed by atoms with Crippen molar-refractivity contribution < 1.29 is 4.74 Å². The van der Waals surface area contributed by atoms with E-state index in [1.807, 2.05) is 49.4 Å². The monoisotopic (exact) mass is 182 g/mol. The van der Waals surface area contributed by atoms with Gasteiger partial charge in [0.1, 0.15) is 11.5 Å². The third kappa shape index (κ3) is 1.94. The maximum absolute atomic E-state index is 5.60. The highest BCUT2D eigenvalue weighted by Crippen LogP contribution is 2.22. The summed E-state index contributed by atoms with van der Waals surface area (Å²) in [5.74, 6) is 1.48. The first-order valence-electron chi connectivity index (χ1n) is 4.48. The van der Waals surface area contributed by atoms with Crippen LogP contribution in [0.15, 0.2) is 42.5 Å². The van der Waals surface area contributed by atoms with Gasteiger partial charge in [0.25, 0.3) is 0 Å². The van der Waals surface area contributed by atoms with Crippen LogP contribution in [0.2, 0.25) is 0 Å². The first-order chi connectivity index (χ1) is 6.86. The minimum Gasteiger partial charge on any atom is -0.456 e. The van der Waals surface area contributed by atoms with Gasteiger partial charge in [0.05, 0.1) is 0 Å². The van der Waals surface area contributed by atoms with Crippen molar-refractivity contribution in [2.45, 2.75) is 6.92 Å². The molecule has 1 heteroatoms. The van der Waals surface area contributed by atoms with Crippen LogP contribution in [0, 0.1) is 19.1 Å². The molecule has 2 aromatic carbocycles. The lowest BCUT2D eigenvalue weighted by molar-refractivity contribution is 0.477. The molecule has 0 fully saturated rings. The number of hydrogen-bond donors (Lipinski definition) is 0. The van der Waals surface area contributed by atoms with Gasteiger partial charge in [-0.05, 0) is 18.6 Å². The number of rotatable bonds is 2. The van der Waals surface area contributed by atoms with Crippen LogP contribution in [0.3, 0.4) is 0 Å². The molecule has 0 aliphatic rings. The normalized spacial score (nSPS) is 9.79. The zero-order valence-corrected chi connectivity index (χ0v) is 7.95. The Bertz CT molecular complexity index is 407. The molecule has 0 unspecified atom stereocenters. The van der Waals surface area contributed by atoms with E-state index in [1.165, 1.54) is 0 Å². The van der Waals surface area contributed by atoms with Crippen molar-refractivity contribution in [3.05, 3.63) is 60.2 Å². The van der Waals surface area contributed by atoms with Gasteiger partial charge in [0, 0.05) is 12.1 Å². The third-order valence-corrected chi connectivity index (χ3v) is 1.91. The molecule has 0 aromatic heterocycles. The number of para-hydroxylation sites is 2. The van der Waals surface area contributed by atoms with Crippen molar-refractivity contribution in [1.82, 2.24) is 0 Å². The summed E-state index contributed by atoms with van der Waals surface area (Å²) in [6.45, 7) is 1.99. The van der Waals surface area contributed by atoms with Crippen LogP contribution in [0.25, 0.3) is 0 Å². The second-order valence-electron chi connectivity index (χ2n) is 3.01. The number of hydrogen-bond acceptors (Lipinski definition) is 1. The van der Waals surface area contributed by atoms with Gasteiger partial charge < -0.3 is 4.74 Å². The summed E-state index contributed by atoms with van der Waals surface area (Å²) in [6.07, 6.45) is 0. The fourth-order valence-electron chi connectivity index (χ4n) is 1.17. The molecular weight excluding hydrogens is 172 g/mol. The lowest BCUT2D eigenvalue weighted by Gasteiger charge is -2.06. The number of ether oxygens (including phenoxy) is 1. The molecule has 0 saturated carbocycles. The van der Waals surface area contributed by atoms with Crippen molar-refractivity contribution in [2.24, 2.45) is 0 Å². The predicted molar refractivity (Wildman–Crippen MR) is 55.4 cm³/mol. The topological polar surface area (TPSA) is 9.23 Å². The molecule has 1 nitrogen and oxygen atoms in total. The second kappa shape index (κ2) is 3.97. The Hall–Kier alpha value is -1.76. The van der Waals surface area contributed by atoms with Crippen molar-refractivity contribution in [3.63, 3.8) is 0 Å². The van der Waals surface area contributed by atoms with Gasteiger partial charge in [-0.25, -0.2) is 0 Å². The summed E-state index contributed by atoms with van der Waals surface area (Å²) >= 11 is 0. The quantitative estimate of drug-likeness (QED) is 0.691. The molecule has 14 heavy (non-hydrogen) atoms. The molecule has 0 saturated heterocycles. The van der Waals surface area contributed by atoms with E-state index in [9.17, 15) is 0 Å². The molecular formula is C13H10O. The van der Waals surface area contributed by atoms with E-state index in [0.717, 1.165) is 17.1 Å². The Morgan fingerprint density at radius 2 is 1.86 bits per heavy atom. The van der Waals surface area contributed by atoms with Crippen molar-refractivity contribution >= 4 is 0 Å². The van der Waals surface area contributed by atoms with E-state index in [2.05, 4.69) is 12.1 Å². The van der Waals surface area contributed by atoms with Crippen LogP contribution < -0.4 is 4.74 Å². The lowest BCUT2D eigenvalue weighted by atomic mass is 10.2. The number of aryl methyl sites for hydroxylation is 1. The molecule has 0 aliphatic carbocycles. The van der Waals surface area contributed by atoms with Gasteiger partial charge in [-0.2, -0.15) is 0 Å². The maximum atomic E-state index is 5.60. The average molecular weight is 182 g/mol. The van der Waals surface area contributed by atoms with Crippen molar-refractivity contribution in [3.8, 4) is 11.5 Å². The van der Waals surface area contributed by atoms with Gasteiger partial charge in [0.2, 0.25) is 0 Å². The summed E-state index contributed by atoms with van der Waals surface area (Å²) in [5, 5.41) is 0. The Kier molecular flexibility index (Phi) is 2.50. The summed E-state index contributed by atoms with van der Waals surface area (Å²) in [6, 6.07) is 19.4. The molecule has 0 heterocycles. The molecule has 68 valence electrons.